The van der Waals surface area contributed by atoms with Gasteiger partial charge in [0.1, 0.15) is 5.60 Å². The van der Waals surface area contributed by atoms with Crippen molar-refractivity contribution in [2.45, 2.75) is 51.8 Å². The van der Waals surface area contributed by atoms with Gasteiger partial charge >= 0.3 is 6.09 Å². The summed E-state index contributed by atoms with van der Waals surface area (Å²) in [5.41, 5.74) is 0.578. The van der Waals surface area contributed by atoms with Crippen LogP contribution in [-0.4, -0.2) is 27.5 Å². The van der Waals surface area contributed by atoms with Gasteiger partial charge in [0.15, 0.2) is 0 Å². The molecule has 136 valence electrons. The van der Waals surface area contributed by atoms with Crippen LogP contribution in [0.25, 0.3) is 0 Å². The van der Waals surface area contributed by atoms with Gasteiger partial charge in [-0.1, -0.05) is 23.7 Å². The molecule has 25 heavy (non-hydrogen) atoms. The molecule has 1 aromatic heterocycles. The maximum Gasteiger partial charge on any atom is 0.407 e. The van der Waals surface area contributed by atoms with Gasteiger partial charge in [0.2, 0.25) is 0 Å². The van der Waals surface area contributed by atoms with Crippen molar-refractivity contribution in [3.05, 3.63) is 51.7 Å². The summed E-state index contributed by atoms with van der Waals surface area (Å²) in [5.74, 6) is 0. The van der Waals surface area contributed by atoms with E-state index in [0.717, 1.165) is 16.5 Å². The molecule has 1 atom stereocenters. The molecule has 2 rings (SSSR count). The second-order valence-electron chi connectivity index (χ2n) is 6.88. The lowest BCUT2D eigenvalue weighted by atomic mass is 10.0. The van der Waals surface area contributed by atoms with Crippen LogP contribution in [0.15, 0.2) is 41.1 Å². The Bertz CT molecular complexity index is 695. The van der Waals surface area contributed by atoms with Gasteiger partial charge in [-0.3, -0.25) is 4.68 Å². The Hall–Kier alpha value is -1.53. The summed E-state index contributed by atoms with van der Waals surface area (Å²) < 4.78 is 8.16. The first-order valence-electron chi connectivity index (χ1n) is 8.13. The number of carbonyl (C=O) groups is 1. The fraction of sp³-hybridized carbons (Fsp3) is 0.444. The number of halogens is 2. The van der Waals surface area contributed by atoms with E-state index in [1.807, 2.05) is 55.9 Å². The van der Waals surface area contributed by atoms with Gasteiger partial charge in [-0.05, 0) is 67.2 Å². The topological polar surface area (TPSA) is 56.1 Å². The van der Waals surface area contributed by atoms with Crippen LogP contribution in [0.4, 0.5) is 4.79 Å². The van der Waals surface area contributed by atoms with Gasteiger partial charge in [0.25, 0.3) is 0 Å². The Labute approximate surface area is 161 Å². The minimum absolute atomic E-state index is 0.0704. The van der Waals surface area contributed by atoms with Gasteiger partial charge < -0.3 is 10.1 Å². The maximum absolute atomic E-state index is 12.1. The van der Waals surface area contributed by atoms with Crippen molar-refractivity contribution in [3.63, 3.8) is 0 Å². The zero-order chi connectivity index (χ0) is 18.4. The smallest absolute Gasteiger partial charge is 0.407 e. The van der Waals surface area contributed by atoms with E-state index in [2.05, 4.69) is 26.3 Å². The minimum atomic E-state index is -0.526. The van der Waals surface area contributed by atoms with E-state index in [9.17, 15) is 4.79 Å². The van der Waals surface area contributed by atoms with Crippen LogP contribution < -0.4 is 5.32 Å². The third kappa shape index (κ3) is 7.48. The number of ether oxygens (including phenoxy) is 1. The Morgan fingerprint density at radius 2 is 2.04 bits per heavy atom. The van der Waals surface area contributed by atoms with Crippen LogP contribution >= 0.6 is 27.5 Å². The molecule has 1 heterocycles. The maximum atomic E-state index is 12.1. The number of carbonyl (C=O) groups excluding carboxylic acids is 1. The summed E-state index contributed by atoms with van der Waals surface area (Å²) in [6.07, 6.45) is 4.67. The molecule has 1 unspecified atom stereocenters. The Balaban J connectivity index is 2.01. The summed E-state index contributed by atoms with van der Waals surface area (Å²) in [4.78, 5) is 12.1. The number of nitrogens with one attached hydrogen (secondary N) is 1. The molecule has 0 saturated heterocycles. The normalized spacial score (nSPS) is 12.7. The second kappa shape index (κ2) is 8.72. The van der Waals surface area contributed by atoms with Crippen LogP contribution in [0.5, 0.6) is 0 Å². The monoisotopic (exact) mass is 427 g/mol. The highest BCUT2D eigenvalue weighted by Gasteiger charge is 2.20. The van der Waals surface area contributed by atoms with E-state index in [1.54, 1.807) is 6.20 Å². The Morgan fingerprint density at radius 1 is 1.36 bits per heavy atom. The lowest BCUT2D eigenvalue weighted by Crippen LogP contribution is -2.40. The predicted molar refractivity (Wildman–Crippen MR) is 103 cm³/mol. The molecule has 0 aliphatic carbocycles. The van der Waals surface area contributed by atoms with Crippen LogP contribution in [0.2, 0.25) is 5.02 Å². The Kier molecular flexibility index (Phi) is 6.90. The van der Waals surface area contributed by atoms with Crippen molar-refractivity contribution in [1.29, 1.82) is 0 Å². The number of benzene rings is 1. The molecule has 1 N–H and O–H groups in total. The second-order valence-corrected chi connectivity index (χ2v) is 8.24. The number of hydrogen-bond acceptors (Lipinski definition) is 3. The van der Waals surface area contributed by atoms with Crippen molar-refractivity contribution in [1.82, 2.24) is 15.1 Å². The number of hydrogen-bond donors (Lipinski definition) is 1. The van der Waals surface area contributed by atoms with E-state index < -0.39 is 11.7 Å². The van der Waals surface area contributed by atoms with Crippen LogP contribution in [0.1, 0.15) is 32.8 Å². The van der Waals surface area contributed by atoms with Crippen LogP contribution in [0.3, 0.4) is 0 Å². The number of aromatic nitrogens is 2. The van der Waals surface area contributed by atoms with E-state index in [0.29, 0.717) is 18.0 Å². The molecule has 0 aliphatic heterocycles. The average molecular weight is 429 g/mol. The summed E-state index contributed by atoms with van der Waals surface area (Å²) in [6, 6.07) is 7.57. The largest absolute Gasteiger partial charge is 0.444 e. The lowest BCUT2D eigenvalue weighted by molar-refractivity contribution is 0.0500. The molecular weight excluding hydrogens is 406 g/mol. The highest BCUT2D eigenvalue weighted by atomic mass is 79.9. The highest BCUT2D eigenvalue weighted by molar-refractivity contribution is 9.10. The van der Waals surface area contributed by atoms with Gasteiger partial charge in [0.05, 0.1) is 10.7 Å². The van der Waals surface area contributed by atoms with Crippen LogP contribution in [0, 0.1) is 0 Å². The van der Waals surface area contributed by atoms with E-state index >= 15 is 0 Å². The molecule has 5 nitrogen and oxygen atoms in total. The first-order chi connectivity index (χ1) is 11.7. The molecule has 7 heteroatoms. The highest BCUT2D eigenvalue weighted by Crippen LogP contribution is 2.14. The molecular formula is C18H23BrClN3O2. The lowest BCUT2D eigenvalue weighted by Gasteiger charge is -2.24. The molecule has 1 amide bonds. The van der Waals surface area contributed by atoms with Gasteiger partial charge in [-0.25, -0.2) is 4.79 Å². The number of nitrogens with zero attached hydrogens (tertiary/aromatic N) is 2. The summed E-state index contributed by atoms with van der Waals surface area (Å²) >= 11 is 9.33. The standard InChI is InChI=1S/C18H23BrClN3O2/c1-18(2,3)25-17(24)22-16(8-9-23-12-14(19)11-21-23)10-13-4-6-15(20)7-5-13/h4-7,11-12,16H,8-10H2,1-3H3,(H,22,24). The van der Waals surface area contributed by atoms with Crippen molar-refractivity contribution in [2.24, 2.45) is 0 Å². The number of alkyl carbamates (subject to hydrolysis) is 1. The molecule has 0 fully saturated rings. The molecule has 0 aliphatic rings. The molecule has 0 spiro atoms. The fourth-order valence-electron chi connectivity index (χ4n) is 2.35. The van der Waals surface area contributed by atoms with Crippen LogP contribution in [-0.2, 0) is 17.7 Å². The quantitative estimate of drug-likeness (QED) is 0.717. The van der Waals surface area contributed by atoms with Gasteiger partial charge in [0, 0.05) is 23.8 Å². The van der Waals surface area contributed by atoms with E-state index in [1.165, 1.54) is 0 Å². The van der Waals surface area contributed by atoms with Gasteiger partial charge in [-0.2, -0.15) is 5.10 Å². The zero-order valence-electron chi connectivity index (χ0n) is 14.6. The third-order valence-electron chi connectivity index (χ3n) is 3.42. The molecule has 0 bridgehead atoms. The average Bonchev–Trinajstić information content (AvgIpc) is 2.91. The van der Waals surface area contributed by atoms with E-state index in [4.69, 9.17) is 16.3 Å². The SMILES string of the molecule is CC(C)(C)OC(=O)NC(CCn1cc(Br)cn1)Cc1ccc(Cl)cc1. The summed E-state index contributed by atoms with van der Waals surface area (Å²) in [7, 11) is 0. The third-order valence-corrected chi connectivity index (χ3v) is 4.09. The zero-order valence-corrected chi connectivity index (χ0v) is 17.0. The minimum Gasteiger partial charge on any atom is -0.444 e. The fourth-order valence-corrected chi connectivity index (χ4v) is 2.81. The van der Waals surface area contributed by atoms with Crippen molar-refractivity contribution in [2.75, 3.05) is 0 Å². The summed E-state index contributed by atoms with van der Waals surface area (Å²) in [6.45, 7) is 6.24. The number of rotatable bonds is 6. The van der Waals surface area contributed by atoms with Gasteiger partial charge in [-0.15, -0.1) is 0 Å². The van der Waals surface area contributed by atoms with Crippen molar-refractivity contribution < 1.29 is 9.53 Å². The van der Waals surface area contributed by atoms with Crippen molar-refractivity contribution in [3.8, 4) is 0 Å². The molecule has 1 aromatic carbocycles. The summed E-state index contributed by atoms with van der Waals surface area (Å²) in [5, 5.41) is 7.92. The first kappa shape index (κ1) is 19.8. The number of aryl methyl sites for hydroxylation is 1. The number of amides is 1. The Morgan fingerprint density at radius 3 is 2.60 bits per heavy atom. The molecule has 0 radical (unpaired) electrons. The molecule has 2 aromatic rings. The van der Waals surface area contributed by atoms with Crippen molar-refractivity contribution >= 4 is 33.6 Å². The predicted octanol–water partition coefficient (Wildman–Crippen LogP) is 4.83. The first-order valence-corrected chi connectivity index (χ1v) is 9.30. The van der Waals surface area contributed by atoms with E-state index in [-0.39, 0.29) is 6.04 Å². The molecule has 0 saturated carbocycles.